The first-order valence-corrected chi connectivity index (χ1v) is 9.12. The molecule has 2 aliphatic heterocycles. The number of piperidine rings is 1. The summed E-state index contributed by atoms with van der Waals surface area (Å²) in [5.41, 5.74) is 0.602. The van der Waals surface area contributed by atoms with E-state index in [1.807, 2.05) is 23.1 Å². The van der Waals surface area contributed by atoms with Crippen molar-refractivity contribution < 1.29 is 14.3 Å². The topological polar surface area (TPSA) is 70.7 Å². The highest BCUT2D eigenvalue weighted by Gasteiger charge is 2.27. The summed E-state index contributed by atoms with van der Waals surface area (Å²) in [5, 5.41) is 6.27. The van der Waals surface area contributed by atoms with Crippen LogP contribution in [0.25, 0.3) is 0 Å². The first-order valence-electron chi connectivity index (χ1n) is 9.12. The van der Waals surface area contributed by atoms with Crippen LogP contribution in [-0.2, 0) is 4.79 Å². The Hall–Kier alpha value is -1.79. The maximum atomic E-state index is 12.8. The third-order valence-electron chi connectivity index (χ3n) is 5.09. The number of nitrogens with zero attached hydrogens (tertiary/aromatic N) is 1. The summed E-state index contributed by atoms with van der Waals surface area (Å²) < 4.78 is 5.31. The molecule has 2 aliphatic rings. The third-order valence-corrected chi connectivity index (χ3v) is 5.09. The molecule has 1 aromatic rings. The minimum absolute atomic E-state index is 0. The number of rotatable bonds is 5. The molecule has 7 heteroatoms. The lowest BCUT2D eigenvalue weighted by atomic mass is 9.97. The number of nitrogens with one attached hydrogen (secondary N) is 2. The summed E-state index contributed by atoms with van der Waals surface area (Å²) >= 11 is 0. The molecule has 0 aliphatic carbocycles. The molecule has 0 radical (unpaired) electrons. The molecule has 2 N–H and O–H groups in total. The highest BCUT2D eigenvalue weighted by molar-refractivity contribution is 5.97. The van der Waals surface area contributed by atoms with Crippen molar-refractivity contribution in [2.45, 2.75) is 31.7 Å². The zero-order chi connectivity index (χ0) is 17.6. The van der Waals surface area contributed by atoms with Crippen molar-refractivity contribution in [1.29, 1.82) is 0 Å². The van der Waals surface area contributed by atoms with Gasteiger partial charge in [0.1, 0.15) is 5.75 Å². The van der Waals surface area contributed by atoms with Gasteiger partial charge in [0.2, 0.25) is 5.91 Å². The van der Waals surface area contributed by atoms with Crippen LogP contribution >= 0.6 is 12.4 Å². The summed E-state index contributed by atoms with van der Waals surface area (Å²) in [6.07, 6.45) is 3.97. The molecule has 2 heterocycles. The number of hydrogen-bond acceptors (Lipinski definition) is 4. The zero-order valence-electron chi connectivity index (χ0n) is 15.2. The Morgan fingerprint density at radius 2 is 2.08 bits per heavy atom. The van der Waals surface area contributed by atoms with Crippen LogP contribution < -0.4 is 15.4 Å². The molecule has 144 valence electrons. The van der Waals surface area contributed by atoms with Gasteiger partial charge in [-0.05, 0) is 50.3 Å². The Balaban J connectivity index is 0.00000243. The van der Waals surface area contributed by atoms with Crippen molar-refractivity contribution in [1.82, 2.24) is 15.5 Å². The standard InChI is InChI=1S/C19H27N3O3.ClH/c1-25-17-9-3-2-7-15(17)19(24)22-11-5-6-14(13-22)12-21-18(23)16-8-4-10-20-16;/h2-3,7,9,14,16,20H,4-6,8,10-13H2,1H3,(H,21,23);1H. The van der Waals surface area contributed by atoms with E-state index in [4.69, 9.17) is 4.74 Å². The summed E-state index contributed by atoms with van der Waals surface area (Å²) in [6, 6.07) is 7.28. The van der Waals surface area contributed by atoms with Gasteiger partial charge in [0.15, 0.2) is 0 Å². The fourth-order valence-electron chi connectivity index (χ4n) is 3.68. The normalized spacial score (nSPS) is 22.4. The van der Waals surface area contributed by atoms with Gasteiger partial charge in [-0.15, -0.1) is 12.4 Å². The van der Waals surface area contributed by atoms with E-state index < -0.39 is 0 Å². The van der Waals surface area contributed by atoms with Gasteiger partial charge in [-0.3, -0.25) is 9.59 Å². The van der Waals surface area contributed by atoms with E-state index in [-0.39, 0.29) is 30.3 Å². The Morgan fingerprint density at radius 3 is 2.81 bits per heavy atom. The number of hydrogen-bond donors (Lipinski definition) is 2. The van der Waals surface area contributed by atoms with E-state index in [1.54, 1.807) is 13.2 Å². The Labute approximate surface area is 161 Å². The lowest BCUT2D eigenvalue weighted by Gasteiger charge is -2.33. The largest absolute Gasteiger partial charge is 0.496 e. The molecule has 2 unspecified atom stereocenters. The molecule has 6 nitrogen and oxygen atoms in total. The number of amides is 2. The van der Waals surface area contributed by atoms with Crippen LogP contribution in [0, 0.1) is 5.92 Å². The van der Waals surface area contributed by atoms with Crippen molar-refractivity contribution >= 4 is 24.2 Å². The van der Waals surface area contributed by atoms with Gasteiger partial charge >= 0.3 is 0 Å². The van der Waals surface area contributed by atoms with Crippen LogP contribution in [0.5, 0.6) is 5.75 Å². The first kappa shape index (κ1) is 20.5. The Morgan fingerprint density at radius 1 is 1.27 bits per heavy atom. The first-order chi connectivity index (χ1) is 12.2. The van der Waals surface area contributed by atoms with E-state index in [1.165, 1.54) is 0 Å². The van der Waals surface area contributed by atoms with Gasteiger partial charge in [-0.1, -0.05) is 12.1 Å². The number of ether oxygens (including phenoxy) is 1. The molecule has 2 saturated heterocycles. The molecule has 2 fully saturated rings. The predicted molar refractivity (Wildman–Crippen MR) is 103 cm³/mol. The lowest BCUT2D eigenvalue weighted by Crippen LogP contribution is -2.46. The van der Waals surface area contributed by atoms with Gasteiger partial charge in [0, 0.05) is 19.6 Å². The predicted octanol–water partition coefficient (Wildman–Crippen LogP) is 1.84. The molecule has 26 heavy (non-hydrogen) atoms. The molecule has 1 aromatic carbocycles. The van der Waals surface area contributed by atoms with E-state index >= 15 is 0 Å². The number of carbonyl (C=O) groups excluding carboxylic acids is 2. The van der Waals surface area contributed by atoms with E-state index in [2.05, 4.69) is 10.6 Å². The van der Waals surface area contributed by atoms with Gasteiger partial charge in [-0.25, -0.2) is 0 Å². The number of para-hydroxylation sites is 1. The number of halogens is 1. The summed E-state index contributed by atoms with van der Waals surface area (Å²) in [6.45, 7) is 2.98. The van der Waals surface area contributed by atoms with Gasteiger partial charge in [0.05, 0.1) is 18.7 Å². The lowest BCUT2D eigenvalue weighted by molar-refractivity contribution is -0.123. The molecule has 0 aromatic heterocycles. The van der Waals surface area contributed by atoms with Crippen LogP contribution in [0.3, 0.4) is 0 Å². The number of likely N-dealkylation sites (tertiary alicyclic amines) is 1. The second-order valence-electron chi connectivity index (χ2n) is 6.85. The molecular weight excluding hydrogens is 354 g/mol. The molecule has 2 atom stereocenters. The maximum Gasteiger partial charge on any atom is 0.257 e. The Bertz CT molecular complexity index is 620. The maximum absolute atomic E-state index is 12.8. The van der Waals surface area contributed by atoms with Gasteiger partial charge in [-0.2, -0.15) is 0 Å². The highest BCUT2D eigenvalue weighted by atomic mass is 35.5. The summed E-state index contributed by atoms with van der Waals surface area (Å²) in [4.78, 5) is 26.8. The minimum Gasteiger partial charge on any atom is -0.496 e. The molecule has 0 spiro atoms. The summed E-state index contributed by atoms with van der Waals surface area (Å²) in [7, 11) is 1.58. The third kappa shape index (κ3) is 4.89. The summed E-state index contributed by atoms with van der Waals surface area (Å²) in [5.74, 6) is 1.00. The smallest absolute Gasteiger partial charge is 0.257 e. The van der Waals surface area contributed by atoms with Crippen LogP contribution in [0.2, 0.25) is 0 Å². The van der Waals surface area contributed by atoms with Crippen molar-refractivity contribution in [3.8, 4) is 5.75 Å². The van der Waals surface area contributed by atoms with E-state index in [0.29, 0.717) is 30.3 Å². The molecule has 2 amide bonds. The average Bonchev–Trinajstić information content (AvgIpc) is 3.20. The average molecular weight is 382 g/mol. The van der Waals surface area contributed by atoms with Crippen LogP contribution in [-0.4, -0.2) is 56.0 Å². The van der Waals surface area contributed by atoms with Crippen LogP contribution in [0.15, 0.2) is 24.3 Å². The number of methoxy groups -OCH3 is 1. The fraction of sp³-hybridized carbons (Fsp3) is 0.579. The molecule has 0 saturated carbocycles. The molecule has 3 rings (SSSR count). The zero-order valence-corrected chi connectivity index (χ0v) is 16.0. The van der Waals surface area contributed by atoms with Crippen molar-refractivity contribution in [2.24, 2.45) is 5.92 Å². The molecule has 0 bridgehead atoms. The van der Waals surface area contributed by atoms with Gasteiger partial charge in [0.25, 0.3) is 5.91 Å². The Kier molecular flexibility index (Phi) is 7.72. The second kappa shape index (κ2) is 9.78. The second-order valence-corrected chi connectivity index (χ2v) is 6.85. The van der Waals surface area contributed by atoms with E-state index in [0.717, 1.165) is 38.8 Å². The molecular formula is C19H28ClN3O3. The number of benzene rings is 1. The van der Waals surface area contributed by atoms with Gasteiger partial charge < -0.3 is 20.3 Å². The SMILES string of the molecule is COc1ccccc1C(=O)N1CCCC(CNC(=O)C2CCCN2)C1.Cl. The van der Waals surface area contributed by atoms with Crippen molar-refractivity contribution in [3.05, 3.63) is 29.8 Å². The highest BCUT2D eigenvalue weighted by Crippen LogP contribution is 2.23. The minimum atomic E-state index is -0.0464. The quantitative estimate of drug-likeness (QED) is 0.816. The van der Waals surface area contributed by atoms with E-state index in [9.17, 15) is 9.59 Å². The van der Waals surface area contributed by atoms with Crippen molar-refractivity contribution in [2.75, 3.05) is 33.3 Å². The fourth-order valence-corrected chi connectivity index (χ4v) is 3.68. The van der Waals surface area contributed by atoms with Crippen molar-refractivity contribution in [3.63, 3.8) is 0 Å². The number of carbonyl (C=O) groups is 2. The van der Waals surface area contributed by atoms with Crippen LogP contribution in [0.4, 0.5) is 0 Å². The van der Waals surface area contributed by atoms with Crippen LogP contribution in [0.1, 0.15) is 36.0 Å². The monoisotopic (exact) mass is 381 g/mol.